The van der Waals surface area contributed by atoms with Gasteiger partial charge in [-0.15, -0.1) is 12.6 Å². The van der Waals surface area contributed by atoms with Crippen LogP contribution in [0.3, 0.4) is 0 Å². The Kier molecular flexibility index (Phi) is 6.47. The number of carbonyl (C=O) groups is 2. The highest BCUT2D eigenvalue weighted by atomic mass is 32.1. The maximum Gasteiger partial charge on any atom is 0.471 e. The van der Waals surface area contributed by atoms with E-state index in [1.807, 2.05) is 42.6 Å². The lowest BCUT2D eigenvalue weighted by Crippen LogP contribution is -2.37. The molecule has 0 saturated heterocycles. The summed E-state index contributed by atoms with van der Waals surface area (Å²) in [5, 5.41) is 3.18. The normalized spacial score (nSPS) is 12.3. The molecule has 1 N–H and O–H groups in total. The van der Waals surface area contributed by atoms with E-state index in [0.29, 0.717) is 23.1 Å². The average Bonchev–Trinajstić information content (AvgIpc) is 2.58. The van der Waals surface area contributed by atoms with Gasteiger partial charge in [0.2, 0.25) is 5.12 Å². The Morgan fingerprint density at radius 1 is 1.15 bits per heavy atom. The number of allylic oxidation sites excluding steroid dienone is 1. The van der Waals surface area contributed by atoms with E-state index in [1.165, 1.54) is 0 Å². The molecule has 7 heteroatoms. The van der Waals surface area contributed by atoms with Crippen LogP contribution in [0.25, 0.3) is 16.3 Å². The van der Waals surface area contributed by atoms with Gasteiger partial charge < -0.3 is 5.32 Å². The SMILES string of the molecule is CC/C=C(/C(=O)S)c1ccc2ccccc2c1CCNC(=O)C(F)(F)F. The van der Waals surface area contributed by atoms with Crippen molar-refractivity contribution >= 4 is 40.0 Å². The molecule has 26 heavy (non-hydrogen) atoms. The molecule has 2 rings (SSSR count). The van der Waals surface area contributed by atoms with Crippen molar-refractivity contribution in [1.29, 1.82) is 0 Å². The lowest BCUT2D eigenvalue weighted by atomic mass is 9.92. The number of rotatable bonds is 6. The van der Waals surface area contributed by atoms with Crippen molar-refractivity contribution in [2.45, 2.75) is 25.9 Å². The van der Waals surface area contributed by atoms with Crippen LogP contribution in [0.1, 0.15) is 24.5 Å². The predicted molar refractivity (Wildman–Crippen MR) is 99.0 cm³/mol. The Bertz CT molecular complexity index is 859. The molecule has 3 nitrogen and oxygen atoms in total. The maximum absolute atomic E-state index is 12.4. The zero-order valence-electron chi connectivity index (χ0n) is 14.1. The molecule has 0 spiro atoms. The van der Waals surface area contributed by atoms with Gasteiger partial charge >= 0.3 is 12.1 Å². The standard InChI is InChI=1S/C19H18F3NO2S/c1-2-5-16(17(24)26)14-9-8-12-6-3-4-7-13(12)15(14)10-11-23-18(25)19(20,21)22/h3-9H,2,10-11H2,1H3,(H,23,25)(H,24,26)/b16-5+. The quantitative estimate of drug-likeness (QED) is 0.579. The summed E-state index contributed by atoms with van der Waals surface area (Å²) < 4.78 is 37.1. The van der Waals surface area contributed by atoms with Gasteiger partial charge in [-0.25, -0.2) is 0 Å². The van der Waals surface area contributed by atoms with Crippen LogP contribution in [0.15, 0.2) is 42.5 Å². The van der Waals surface area contributed by atoms with E-state index in [4.69, 9.17) is 0 Å². The van der Waals surface area contributed by atoms with Crippen molar-refractivity contribution in [3.05, 3.63) is 53.6 Å². The molecule has 0 heterocycles. The summed E-state index contributed by atoms with van der Waals surface area (Å²) in [7, 11) is 0. The van der Waals surface area contributed by atoms with Crippen molar-refractivity contribution in [2.75, 3.05) is 6.54 Å². The highest BCUT2D eigenvalue weighted by Gasteiger charge is 2.38. The third-order valence-corrected chi connectivity index (χ3v) is 4.13. The van der Waals surface area contributed by atoms with Crippen molar-refractivity contribution in [1.82, 2.24) is 5.32 Å². The summed E-state index contributed by atoms with van der Waals surface area (Å²) in [6.07, 6.45) is -2.42. The number of fused-ring (bicyclic) bond motifs is 1. The molecule has 0 radical (unpaired) electrons. The first-order valence-corrected chi connectivity index (χ1v) is 8.50. The van der Waals surface area contributed by atoms with Crippen LogP contribution >= 0.6 is 12.6 Å². The fourth-order valence-electron chi connectivity index (χ4n) is 2.78. The van der Waals surface area contributed by atoms with Crippen LogP contribution in [0, 0.1) is 0 Å². The van der Waals surface area contributed by atoms with E-state index in [0.717, 1.165) is 10.8 Å². The second kappa shape index (κ2) is 8.40. The monoisotopic (exact) mass is 381 g/mol. The smallest absolute Gasteiger partial charge is 0.348 e. The van der Waals surface area contributed by atoms with Crippen LogP contribution in [0.4, 0.5) is 13.2 Å². The van der Waals surface area contributed by atoms with Gasteiger partial charge in [0.05, 0.1) is 0 Å². The average molecular weight is 381 g/mol. The molecule has 0 fully saturated rings. The molecule has 0 aliphatic heterocycles. The van der Waals surface area contributed by atoms with E-state index < -0.39 is 17.2 Å². The third kappa shape index (κ3) is 4.66. The summed E-state index contributed by atoms with van der Waals surface area (Å²) in [5.74, 6) is -1.98. The van der Waals surface area contributed by atoms with Gasteiger partial charge in [-0.1, -0.05) is 49.4 Å². The summed E-state index contributed by atoms with van der Waals surface area (Å²) in [4.78, 5) is 22.9. The molecule has 2 aromatic carbocycles. The molecule has 2 aromatic rings. The van der Waals surface area contributed by atoms with Gasteiger partial charge in [0, 0.05) is 12.1 Å². The molecule has 0 saturated carbocycles. The first kappa shape index (κ1) is 20.0. The Morgan fingerprint density at radius 2 is 1.85 bits per heavy atom. The van der Waals surface area contributed by atoms with Crippen LogP contribution in [-0.4, -0.2) is 23.7 Å². The predicted octanol–water partition coefficient (Wildman–Crippen LogP) is 4.31. The molecule has 0 unspecified atom stereocenters. The van der Waals surface area contributed by atoms with Crippen molar-refractivity contribution < 1.29 is 22.8 Å². The second-order valence-corrected chi connectivity index (χ2v) is 6.05. The fourth-order valence-corrected chi connectivity index (χ4v) is 2.99. The Morgan fingerprint density at radius 3 is 2.46 bits per heavy atom. The van der Waals surface area contributed by atoms with Crippen molar-refractivity contribution in [3.8, 4) is 0 Å². The minimum Gasteiger partial charge on any atom is -0.348 e. The Balaban J connectivity index is 2.44. The number of hydrogen-bond donors (Lipinski definition) is 2. The summed E-state index contributed by atoms with van der Waals surface area (Å²) >= 11 is 3.92. The second-order valence-electron chi connectivity index (χ2n) is 5.65. The lowest BCUT2D eigenvalue weighted by Gasteiger charge is -2.15. The van der Waals surface area contributed by atoms with Gasteiger partial charge in [0.15, 0.2) is 0 Å². The first-order valence-electron chi connectivity index (χ1n) is 8.05. The van der Waals surface area contributed by atoms with Crippen LogP contribution < -0.4 is 5.32 Å². The summed E-state index contributed by atoms with van der Waals surface area (Å²) in [6.45, 7) is 1.68. The minimum atomic E-state index is -4.92. The topological polar surface area (TPSA) is 46.2 Å². The Hall–Kier alpha value is -2.28. The molecule has 0 aliphatic carbocycles. The lowest BCUT2D eigenvalue weighted by molar-refractivity contribution is -0.173. The third-order valence-electron chi connectivity index (χ3n) is 3.89. The van der Waals surface area contributed by atoms with Gasteiger partial charge in [-0.3, -0.25) is 9.59 Å². The zero-order chi connectivity index (χ0) is 19.3. The number of halogens is 3. The van der Waals surface area contributed by atoms with Crippen LogP contribution in [0.2, 0.25) is 0 Å². The largest absolute Gasteiger partial charge is 0.471 e. The molecule has 0 aliphatic rings. The van der Waals surface area contributed by atoms with Gasteiger partial charge in [-0.2, -0.15) is 13.2 Å². The molecule has 0 atom stereocenters. The molecule has 1 amide bonds. The van der Waals surface area contributed by atoms with Crippen LogP contribution in [0.5, 0.6) is 0 Å². The number of thiol groups is 1. The van der Waals surface area contributed by atoms with Crippen molar-refractivity contribution in [2.24, 2.45) is 0 Å². The first-order chi connectivity index (χ1) is 12.3. The minimum absolute atomic E-state index is 0.153. The molecule has 0 aromatic heterocycles. The van der Waals surface area contributed by atoms with Crippen molar-refractivity contribution in [3.63, 3.8) is 0 Å². The molecular formula is C19H18F3NO2S. The van der Waals surface area contributed by atoms with E-state index >= 15 is 0 Å². The van der Waals surface area contributed by atoms with E-state index in [9.17, 15) is 22.8 Å². The highest BCUT2D eigenvalue weighted by Crippen LogP contribution is 2.29. The van der Waals surface area contributed by atoms with E-state index in [1.54, 1.807) is 12.1 Å². The Labute approximate surface area is 154 Å². The van der Waals surface area contributed by atoms with E-state index in [-0.39, 0.29) is 13.0 Å². The number of benzene rings is 2. The van der Waals surface area contributed by atoms with Gasteiger partial charge in [0.25, 0.3) is 0 Å². The summed E-state index contributed by atoms with van der Waals surface area (Å²) in [6, 6.07) is 11.0. The fraction of sp³-hybridized carbons (Fsp3) is 0.263. The summed E-state index contributed by atoms with van der Waals surface area (Å²) in [5.41, 5.74) is 1.72. The maximum atomic E-state index is 12.4. The zero-order valence-corrected chi connectivity index (χ0v) is 15.0. The number of carbonyl (C=O) groups excluding carboxylic acids is 2. The van der Waals surface area contributed by atoms with Crippen LogP contribution in [-0.2, 0) is 16.0 Å². The molecule has 0 bridgehead atoms. The number of nitrogens with one attached hydrogen (secondary N) is 1. The molecule has 138 valence electrons. The van der Waals surface area contributed by atoms with Gasteiger partial charge in [-0.05, 0) is 34.7 Å². The number of hydrogen-bond acceptors (Lipinski definition) is 2. The van der Waals surface area contributed by atoms with Gasteiger partial charge in [0.1, 0.15) is 0 Å². The van der Waals surface area contributed by atoms with E-state index in [2.05, 4.69) is 12.6 Å². The molecular weight excluding hydrogens is 363 g/mol. The number of alkyl halides is 3. The number of amides is 1. The highest BCUT2D eigenvalue weighted by molar-refractivity contribution is 7.98.